The summed E-state index contributed by atoms with van der Waals surface area (Å²) in [5.74, 6) is 0.907. The average molecular weight is 368 g/mol. The Bertz CT molecular complexity index is 547. The fourth-order valence-electron chi connectivity index (χ4n) is 1.52. The molecule has 19 heavy (non-hydrogen) atoms. The van der Waals surface area contributed by atoms with E-state index in [-0.39, 0.29) is 5.97 Å². The minimum atomic E-state index is -0.361. The predicted molar refractivity (Wildman–Crippen MR) is 81.7 cm³/mol. The van der Waals surface area contributed by atoms with Crippen molar-refractivity contribution in [3.63, 3.8) is 0 Å². The first kappa shape index (κ1) is 13.9. The summed E-state index contributed by atoms with van der Waals surface area (Å²) in [6.07, 6.45) is 0. The van der Waals surface area contributed by atoms with Crippen molar-refractivity contribution in [3.05, 3.63) is 57.7 Å². The Balaban J connectivity index is 2.04. The van der Waals surface area contributed by atoms with Crippen LogP contribution in [0.1, 0.15) is 17.3 Å². The zero-order valence-electron chi connectivity index (χ0n) is 10.4. The van der Waals surface area contributed by atoms with Crippen molar-refractivity contribution in [3.8, 4) is 11.5 Å². The molecular formula is C15H13IO3. The summed E-state index contributed by atoms with van der Waals surface area (Å²) >= 11 is 2.19. The van der Waals surface area contributed by atoms with Crippen molar-refractivity contribution in [2.75, 3.05) is 6.61 Å². The van der Waals surface area contributed by atoms with E-state index in [0.29, 0.717) is 17.9 Å². The first-order valence-electron chi connectivity index (χ1n) is 5.89. The predicted octanol–water partition coefficient (Wildman–Crippen LogP) is 3.91. The molecule has 0 aliphatic carbocycles. The molecule has 0 saturated carbocycles. The molecule has 0 fully saturated rings. The van der Waals surface area contributed by atoms with Crippen LogP contribution in [0.5, 0.6) is 11.5 Å². The number of rotatable bonds is 4. The molecule has 0 heterocycles. The smallest absolute Gasteiger partial charge is 0.343 e. The van der Waals surface area contributed by atoms with E-state index >= 15 is 0 Å². The van der Waals surface area contributed by atoms with Gasteiger partial charge in [0, 0.05) is 3.57 Å². The van der Waals surface area contributed by atoms with Crippen LogP contribution < -0.4 is 9.47 Å². The summed E-state index contributed by atoms with van der Waals surface area (Å²) in [6, 6.07) is 14.2. The largest absolute Gasteiger partial charge is 0.494 e. The Morgan fingerprint density at radius 3 is 2.16 bits per heavy atom. The lowest BCUT2D eigenvalue weighted by Gasteiger charge is -2.06. The molecule has 0 atom stereocenters. The Hall–Kier alpha value is -1.56. The van der Waals surface area contributed by atoms with Gasteiger partial charge < -0.3 is 9.47 Å². The van der Waals surface area contributed by atoms with Crippen LogP contribution in [0.15, 0.2) is 48.5 Å². The topological polar surface area (TPSA) is 35.5 Å². The molecule has 0 saturated heterocycles. The molecule has 3 nitrogen and oxygen atoms in total. The van der Waals surface area contributed by atoms with E-state index in [4.69, 9.17) is 9.47 Å². The third kappa shape index (κ3) is 3.96. The van der Waals surface area contributed by atoms with Crippen molar-refractivity contribution >= 4 is 28.6 Å². The van der Waals surface area contributed by atoms with Gasteiger partial charge in [-0.1, -0.05) is 0 Å². The van der Waals surface area contributed by atoms with E-state index in [1.807, 2.05) is 19.1 Å². The number of carbonyl (C=O) groups excluding carboxylic acids is 1. The molecule has 2 rings (SSSR count). The molecule has 0 radical (unpaired) electrons. The highest BCUT2D eigenvalue weighted by Gasteiger charge is 2.08. The molecule has 0 aliphatic rings. The monoisotopic (exact) mass is 368 g/mol. The van der Waals surface area contributed by atoms with E-state index < -0.39 is 0 Å². The van der Waals surface area contributed by atoms with Gasteiger partial charge in [-0.3, -0.25) is 0 Å². The second-order valence-electron chi connectivity index (χ2n) is 3.80. The van der Waals surface area contributed by atoms with Crippen molar-refractivity contribution in [2.45, 2.75) is 6.92 Å². The molecular weight excluding hydrogens is 355 g/mol. The van der Waals surface area contributed by atoms with Gasteiger partial charge in [0.1, 0.15) is 11.5 Å². The van der Waals surface area contributed by atoms with Crippen LogP contribution in [0.3, 0.4) is 0 Å². The van der Waals surface area contributed by atoms with Gasteiger partial charge in [-0.25, -0.2) is 4.79 Å². The van der Waals surface area contributed by atoms with Gasteiger partial charge >= 0.3 is 5.97 Å². The number of hydrogen-bond acceptors (Lipinski definition) is 3. The maximum absolute atomic E-state index is 11.9. The summed E-state index contributed by atoms with van der Waals surface area (Å²) in [5.41, 5.74) is 0.536. The third-order valence-corrected chi connectivity index (χ3v) is 3.14. The zero-order valence-corrected chi connectivity index (χ0v) is 12.6. The van der Waals surface area contributed by atoms with Gasteiger partial charge in [-0.15, -0.1) is 0 Å². The van der Waals surface area contributed by atoms with Crippen LogP contribution in [0.25, 0.3) is 0 Å². The molecule has 0 amide bonds. The summed E-state index contributed by atoms with van der Waals surface area (Å²) in [7, 11) is 0. The summed E-state index contributed by atoms with van der Waals surface area (Å²) < 4.78 is 11.7. The molecule has 4 heteroatoms. The first-order valence-corrected chi connectivity index (χ1v) is 6.97. The molecule has 0 N–H and O–H groups in total. The Morgan fingerprint density at radius 2 is 1.58 bits per heavy atom. The minimum Gasteiger partial charge on any atom is -0.494 e. The maximum Gasteiger partial charge on any atom is 0.343 e. The molecule has 0 unspecified atom stereocenters. The van der Waals surface area contributed by atoms with Crippen LogP contribution in [-0.2, 0) is 0 Å². The highest BCUT2D eigenvalue weighted by Crippen LogP contribution is 2.19. The van der Waals surface area contributed by atoms with Gasteiger partial charge in [-0.2, -0.15) is 0 Å². The Kier molecular flexibility index (Phi) is 4.79. The normalized spacial score (nSPS) is 10.0. The second kappa shape index (κ2) is 6.56. The van der Waals surface area contributed by atoms with Crippen molar-refractivity contribution in [1.82, 2.24) is 0 Å². The van der Waals surface area contributed by atoms with Crippen molar-refractivity contribution in [2.24, 2.45) is 0 Å². The van der Waals surface area contributed by atoms with E-state index in [1.54, 1.807) is 36.4 Å². The lowest BCUT2D eigenvalue weighted by atomic mass is 10.2. The van der Waals surface area contributed by atoms with E-state index in [9.17, 15) is 4.79 Å². The van der Waals surface area contributed by atoms with E-state index in [2.05, 4.69) is 22.6 Å². The highest BCUT2D eigenvalue weighted by atomic mass is 127. The molecule has 2 aromatic carbocycles. The van der Waals surface area contributed by atoms with Gasteiger partial charge in [-0.05, 0) is 78.0 Å². The standard InChI is InChI=1S/C15H13IO3/c1-2-18-13-7-9-14(10-8-13)19-15(17)11-3-5-12(16)6-4-11/h3-10H,2H2,1H3. The van der Waals surface area contributed by atoms with Crippen LogP contribution in [0, 0.1) is 3.57 Å². The fourth-order valence-corrected chi connectivity index (χ4v) is 1.88. The number of benzene rings is 2. The van der Waals surface area contributed by atoms with Crippen molar-refractivity contribution in [1.29, 1.82) is 0 Å². The SMILES string of the molecule is CCOc1ccc(OC(=O)c2ccc(I)cc2)cc1. The fraction of sp³-hybridized carbons (Fsp3) is 0.133. The van der Waals surface area contributed by atoms with Gasteiger partial charge in [0.15, 0.2) is 0 Å². The Morgan fingerprint density at radius 1 is 1.00 bits per heavy atom. The lowest BCUT2D eigenvalue weighted by molar-refractivity contribution is 0.0734. The van der Waals surface area contributed by atoms with Gasteiger partial charge in [0.05, 0.1) is 12.2 Å². The highest BCUT2D eigenvalue weighted by molar-refractivity contribution is 14.1. The molecule has 0 aliphatic heterocycles. The van der Waals surface area contributed by atoms with E-state index in [0.717, 1.165) is 9.32 Å². The summed E-state index contributed by atoms with van der Waals surface area (Å²) in [6.45, 7) is 2.53. The molecule has 0 bridgehead atoms. The van der Waals surface area contributed by atoms with E-state index in [1.165, 1.54) is 0 Å². The quantitative estimate of drug-likeness (QED) is 0.466. The molecule has 98 valence electrons. The number of carbonyl (C=O) groups is 1. The number of esters is 1. The lowest BCUT2D eigenvalue weighted by Crippen LogP contribution is -2.08. The first-order chi connectivity index (χ1) is 9.19. The number of hydrogen-bond donors (Lipinski definition) is 0. The summed E-state index contributed by atoms with van der Waals surface area (Å²) in [5, 5.41) is 0. The Labute approximate surface area is 125 Å². The number of ether oxygens (including phenoxy) is 2. The van der Waals surface area contributed by atoms with Gasteiger partial charge in [0.2, 0.25) is 0 Å². The van der Waals surface area contributed by atoms with Crippen LogP contribution in [0.4, 0.5) is 0 Å². The zero-order chi connectivity index (χ0) is 13.7. The van der Waals surface area contributed by atoms with Crippen LogP contribution in [-0.4, -0.2) is 12.6 Å². The maximum atomic E-state index is 11.9. The third-order valence-electron chi connectivity index (χ3n) is 2.43. The number of halogens is 1. The van der Waals surface area contributed by atoms with Crippen molar-refractivity contribution < 1.29 is 14.3 Å². The van der Waals surface area contributed by atoms with Gasteiger partial charge in [0.25, 0.3) is 0 Å². The van der Waals surface area contributed by atoms with Crippen LogP contribution in [0.2, 0.25) is 0 Å². The molecule has 0 spiro atoms. The average Bonchev–Trinajstić information content (AvgIpc) is 2.42. The minimum absolute atomic E-state index is 0.361. The molecule has 2 aromatic rings. The second-order valence-corrected chi connectivity index (χ2v) is 5.05. The van der Waals surface area contributed by atoms with Crippen LogP contribution >= 0.6 is 22.6 Å². The molecule has 0 aromatic heterocycles. The summed E-state index contributed by atoms with van der Waals surface area (Å²) in [4.78, 5) is 11.9.